The maximum Gasteiger partial charge on any atom is 0.416 e. The predicted molar refractivity (Wildman–Crippen MR) is 120 cm³/mol. The molecule has 1 aliphatic rings. The number of nitrogens with zero attached hydrogens (tertiary/aromatic N) is 4. The maximum atomic E-state index is 14.4. The Bertz CT molecular complexity index is 1470. The predicted octanol–water partition coefficient (Wildman–Crippen LogP) is 3.32. The van der Waals surface area contributed by atoms with E-state index in [-0.39, 0.29) is 22.8 Å². The minimum atomic E-state index is -4.74. The van der Waals surface area contributed by atoms with Gasteiger partial charge >= 0.3 is 6.18 Å². The number of fused-ring (bicyclic) bond motifs is 2. The molecule has 0 unspecified atom stereocenters. The van der Waals surface area contributed by atoms with Gasteiger partial charge < -0.3 is 21.7 Å². The molecule has 0 atom stereocenters. The zero-order chi connectivity index (χ0) is 24.9. The normalized spacial score (nSPS) is 13.3. The van der Waals surface area contributed by atoms with E-state index in [9.17, 15) is 22.4 Å². The maximum absolute atomic E-state index is 14.4. The van der Waals surface area contributed by atoms with E-state index in [0.29, 0.717) is 24.3 Å². The zero-order valence-electron chi connectivity index (χ0n) is 17.9. The van der Waals surface area contributed by atoms with Gasteiger partial charge in [-0.2, -0.15) is 23.3 Å². The lowest BCUT2D eigenvalue weighted by Gasteiger charge is -2.19. The molecule has 0 saturated heterocycles. The van der Waals surface area contributed by atoms with E-state index in [0.717, 1.165) is 29.5 Å². The van der Waals surface area contributed by atoms with Crippen molar-refractivity contribution in [2.45, 2.75) is 25.8 Å². The highest BCUT2D eigenvalue weighted by molar-refractivity contribution is 6.07. The van der Waals surface area contributed by atoms with Crippen molar-refractivity contribution in [1.82, 2.24) is 20.2 Å². The molecular weight excluding hydrogens is 468 g/mol. The van der Waals surface area contributed by atoms with Crippen LogP contribution in [0.2, 0.25) is 0 Å². The van der Waals surface area contributed by atoms with Gasteiger partial charge in [-0.1, -0.05) is 12.1 Å². The van der Waals surface area contributed by atoms with Crippen LogP contribution in [0.15, 0.2) is 36.4 Å². The number of hydrogen-bond acceptors (Lipinski definition) is 7. The summed E-state index contributed by atoms with van der Waals surface area (Å²) in [5, 5.41) is 9.93. The lowest BCUT2D eigenvalue weighted by atomic mass is 10.1. The van der Waals surface area contributed by atoms with Gasteiger partial charge in [0.05, 0.1) is 35.4 Å². The number of aromatic amines is 1. The number of hydrogen-bond donors (Lipinski definition) is 4. The van der Waals surface area contributed by atoms with Gasteiger partial charge in [0.25, 0.3) is 5.91 Å². The minimum Gasteiger partial charge on any atom is -0.382 e. The van der Waals surface area contributed by atoms with Crippen molar-refractivity contribution in [3.05, 3.63) is 70.2 Å². The summed E-state index contributed by atoms with van der Waals surface area (Å²) in [6.07, 6.45) is -4.74. The summed E-state index contributed by atoms with van der Waals surface area (Å²) in [7, 11) is 0. The number of aromatic nitrogens is 4. The number of rotatable bonds is 5. The number of halogens is 4. The Morgan fingerprint density at radius 1 is 1.14 bits per heavy atom. The summed E-state index contributed by atoms with van der Waals surface area (Å²) in [6, 6.07) is 7.39. The highest BCUT2D eigenvalue weighted by Gasteiger charge is 2.34. The fourth-order valence-electron chi connectivity index (χ4n) is 4.09. The average Bonchev–Trinajstić information content (AvgIpc) is 3.38. The largest absolute Gasteiger partial charge is 0.416 e. The summed E-state index contributed by atoms with van der Waals surface area (Å²) < 4.78 is 54.7. The third-order valence-electron chi connectivity index (χ3n) is 5.80. The van der Waals surface area contributed by atoms with Crippen LogP contribution in [0.3, 0.4) is 0 Å². The summed E-state index contributed by atoms with van der Waals surface area (Å²) in [5.74, 6) is -1.11. The molecule has 180 valence electrons. The number of anilines is 3. The van der Waals surface area contributed by atoms with Gasteiger partial charge in [0.15, 0.2) is 5.82 Å². The number of para-hydroxylation sites is 1. The number of H-pyrrole nitrogens is 1. The number of carbonyl (C=O) groups excluding carboxylic acids is 1. The second-order valence-corrected chi connectivity index (χ2v) is 7.98. The van der Waals surface area contributed by atoms with Crippen LogP contribution in [0.4, 0.5) is 35.1 Å². The monoisotopic (exact) mass is 486 g/mol. The first-order valence-corrected chi connectivity index (χ1v) is 10.4. The van der Waals surface area contributed by atoms with Crippen molar-refractivity contribution in [3.8, 4) is 0 Å². The van der Waals surface area contributed by atoms with Crippen LogP contribution in [0, 0.1) is 5.82 Å². The molecule has 0 saturated carbocycles. The van der Waals surface area contributed by atoms with Crippen molar-refractivity contribution in [2.24, 2.45) is 5.73 Å². The zero-order valence-corrected chi connectivity index (χ0v) is 17.9. The Labute approximate surface area is 195 Å². The van der Waals surface area contributed by atoms with E-state index in [1.807, 2.05) is 0 Å². The molecule has 4 aromatic rings. The van der Waals surface area contributed by atoms with E-state index in [4.69, 9.17) is 11.5 Å². The Hall–Kier alpha value is -4.42. The molecule has 0 aliphatic carbocycles. The third-order valence-corrected chi connectivity index (χ3v) is 5.80. The van der Waals surface area contributed by atoms with Crippen LogP contribution >= 0.6 is 0 Å². The van der Waals surface area contributed by atoms with E-state index < -0.39 is 35.6 Å². The van der Waals surface area contributed by atoms with Gasteiger partial charge in [0.2, 0.25) is 5.95 Å². The molecular formula is C22H18F4N8O. The number of amides is 1. The first-order chi connectivity index (χ1) is 16.6. The van der Waals surface area contributed by atoms with Crippen LogP contribution in [0.25, 0.3) is 10.9 Å². The number of benzene rings is 2. The number of alkyl halides is 3. The Morgan fingerprint density at radius 2 is 1.91 bits per heavy atom. The third kappa shape index (κ3) is 3.94. The molecule has 1 amide bonds. The van der Waals surface area contributed by atoms with Crippen molar-refractivity contribution < 1.29 is 22.4 Å². The molecule has 9 nitrogen and oxygen atoms in total. The topological polar surface area (TPSA) is 139 Å². The molecule has 3 heterocycles. The Balaban J connectivity index is 1.58. The second-order valence-electron chi connectivity index (χ2n) is 7.98. The standard InChI is InChI=1S/C22H18F4N8O/c23-15-6-2-5-14(22(24,25)26)12(15)7-29-20-11-4-1-3-10(19(28)35)17(11)30-21(31-20)34-8-13-16(9-34)32-33-18(13)27/h1-6H,7-9H2,(H2,28,35)(H3,27,32,33)(H,29,30,31). The molecule has 35 heavy (non-hydrogen) atoms. The summed E-state index contributed by atoms with van der Waals surface area (Å²) in [4.78, 5) is 22.8. The minimum absolute atomic E-state index is 0.106. The van der Waals surface area contributed by atoms with Gasteiger partial charge in [0.1, 0.15) is 11.6 Å². The molecule has 0 spiro atoms. The number of nitrogen functional groups attached to an aromatic ring is 1. The summed E-state index contributed by atoms with van der Waals surface area (Å²) >= 11 is 0. The van der Waals surface area contributed by atoms with Crippen molar-refractivity contribution in [1.29, 1.82) is 0 Å². The van der Waals surface area contributed by atoms with Gasteiger partial charge in [-0.3, -0.25) is 9.89 Å². The molecule has 2 aromatic heterocycles. The van der Waals surface area contributed by atoms with Crippen LogP contribution in [-0.4, -0.2) is 26.1 Å². The SMILES string of the molecule is NC(=O)c1cccc2c(NCc3c(F)cccc3C(F)(F)F)nc(N3Cc4[nH]nc(N)c4C3)nc12. The van der Waals surface area contributed by atoms with Crippen LogP contribution in [0.5, 0.6) is 0 Å². The van der Waals surface area contributed by atoms with Gasteiger partial charge in [-0.05, 0) is 24.3 Å². The summed E-state index contributed by atoms with van der Waals surface area (Å²) in [6.45, 7) is 0.158. The lowest BCUT2D eigenvalue weighted by molar-refractivity contribution is -0.138. The molecule has 13 heteroatoms. The molecule has 1 aliphatic heterocycles. The van der Waals surface area contributed by atoms with E-state index in [1.165, 1.54) is 6.07 Å². The number of nitrogens with one attached hydrogen (secondary N) is 2. The number of carbonyl (C=O) groups is 1. The molecule has 0 bridgehead atoms. The first kappa shape index (κ1) is 22.4. The van der Waals surface area contributed by atoms with E-state index in [1.54, 1.807) is 17.0 Å². The Morgan fingerprint density at radius 3 is 2.63 bits per heavy atom. The second kappa shape index (κ2) is 8.11. The van der Waals surface area contributed by atoms with E-state index >= 15 is 0 Å². The highest BCUT2D eigenvalue weighted by atomic mass is 19.4. The average molecular weight is 486 g/mol. The molecule has 0 fully saturated rings. The molecule has 5 rings (SSSR count). The number of primary amides is 1. The molecule has 6 N–H and O–H groups in total. The first-order valence-electron chi connectivity index (χ1n) is 10.4. The molecule has 2 aromatic carbocycles. The van der Waals surface area contributed by atoms with Crippen molar-refractivity contribution in [2.75, 3.05) is 16.0 Å². The van der Waals surface area contributed by atoms with Crippen molar-refractivity contribution >= 4 is 34.4 Å². The Kier molecular flexibility index (Phi) is 5.19. The van der Waals surface area contributed by atoms with E-state index in [2.05, 4.69) is 25.5 Å². The lowest BCUT2D eigenvalue weighted by Crippen LogP contribution is -2.21. The van der Waals surface area contributed by atoms with Crippen LogP contribution in [-0.2, 0) is 25.8 Å². The molecule has 0 radical (unpaired) electrons. The fourth-order valence-corrected chi connectivity index (χ4v) is 4.09. The fraction of sp³-hybridized carbons (Fsp3) is 0.182. The van der Waals surface area contributed by atoms with Crippen LogP contribution in [0.1, 0.15) is 32.7 Å². The van der Waals surface area contributed by atoms with Gasteiger partial charge in [-0.15, -0.1) is 0 Å². The quantitative estimate of drug-likeness (QED) is 0.318. The highest BCUT2D eigenvalue weighted by Crippen LogP contribution is 2.35. The smallest absolute Gasteiger partial charge is 0.382 e. The summed E-state index contributed by atoms with van der Waals surface area (Å²) in [5.41, 5.74) is 11.6. The van der Waals surface area contributed by atoms with Gasteiger partial charge in [-0.25, -0.2) is 9.37 Å². The number of nitrogens with two attached hydrogens (primary N) is 2. The van der Waals surface area contributed by atoms with Crippen molar-refractivity contribution in [3.63, 3.8) is 0 Å². The van der Waals surface area contributed by atoms with Gasteiger partial charge in [0, 0.05) is 23.1 Å². The van der Waals surface area contributed by atoms with Crippen LogP contribution < -0.4 is 21.7 Å².